The van der Waals surface area contributed by atoms with Gasteiger partial charge in [-0.1, -0.05) is 0 Å². The first-order valence-electron chi connectivity index (χ1n) is 5.46. The molecule has 0 aliphatic rings. The molecule has 0 rings (SSSR count). The number of hydrazine groups is 1. The first-order chi connectivity index (χ1) is 8.86. The van der Waals surface area contributed by atoms with Crippen LogP contribution < -0.4 is 22.2 Å². The topological polar surface area (TPSA) is 175 Å². The molecule has 0 aliphatic carbocycles. The van der Waals surface area contributed by atoms with Gasteiger partial charge in [0.2, 0.25) is 5.91 Å². The van der Waals surface area contributed by atoms with Crippen LogP contribution in [0, 0.1) is 5.41 Å². The van der Waals surface area contributed by atoms with Crippen molar-refractivity contribution in [3.63, 3.8) is 0 Å². The summed E-state index contributed by atoms with van der Waals surface area (Å²) in [5.41, 5.74) is 12.4. The molecule has 0 radical (unpaired) electrons. The van der Waals surface area contributed by atoms with Crippen LogP contribution in [0.3, 0.4) is 0 Å². The third-order valence-electron chi connectivity index (χ3n) is 2.09. The summed E-state index contributed by atoms with van der Waals surface area (Å²) in [4.78, 5) is 32.6. The van der Waals surface area contributed by atoms with E-state index in [1.807, 2.05) is 0 Å². The zero-order chi connectivity index (χ0) is 14.8. The molecule has 0 unspecified atom stereocenters. The van der Waals surface area contributed by atoms with Crippen LogP contribution in [-0.2, 0) is 14.4 Å². The highest BCUT2D eigenvalue weighted by Gasteiger charge is 2.17. The number of guanidine groups is 1. The Morgan fingerprint density at radius 3 is 2.63 bits per heavy atom. The number of carbonyl (C=O) groups is 3. The van der Waals surface area contributed by atoms with Crippen molar-refractivity contribution in [2.75, 3.05) is 6.54 Å². The molecule has 0 heterocycles. The number of hydrogen-bond donors (Lipinski definition) is 6. The summed E-state index contributed by atoms with van der Waals surface area (Å²) in [6, 6.07) is -0.831. The van der Waals surface area contributed by atoms with E-state index in [1.165, 1.54) is 0 Å². The maximum Gasteiger partial charge on any atom is 0.254 e. The van der Waals surface area contributed by atoms with Crippen molar-refractivity contribution in [3.05, 3.63) is 0 Å². The number of hydroxylamine groups is 1. The number of Topliss-reactive ketones (excluding diaryl/α,β-unsaturated/α-hetero) is 1. The summed E-state index contributed by atoms with van der Waals surface area (Å²) in [5, 5.41) is 18.0. The molecule has 10 heteroatoms. The SMILES string of the molecule is N=C(N)NCCC[C@@H](N)C(=O)CC(=O)NN(O)C=O. The Bertz CT molecular complexity index is 348. The number of nitrogens with two attached hydrogens (primary N) is 2. The van der Waals surface area contributed by atoms with Gasteiger partial charge >= 0.3 is 0 Å². The van der Waals surface area contributed by atoms with Crippen LogP contribution in [0.1, 0.15) is 19.3 Å². The highest BCUT2D eigenvalue weighted by atomic mass is 16.6. The number of ketones is 1. The predicted octanol–water partition coefficient (Wildman–Crippen LogP) is -2.59. The van der Waals surface area contributed by atoms with Crippen molar-refractivity contribution < 1.29 is 19.6 Å². The van der Waals surface area contributed by atoms with Crippen LogP contribution in [-0.4, -0.2) is 47.0 Å². The van der Waals surface area contributed by atoms with Crippen LogP contribution in [0.15, 0.2) is 0 Å². The van der Waals surface area contributed by atoms with Crippen LogP contribution in [0.4, 0.5) is 0 Å². The van der Waals surface area contributed by atoms with Gasteiger partial charge in [-0.25, -0.2) is 5.43 Å². The molecule has 0 fully saturated rings. The number of nitrogens with zero attached hydrogens (tertiary/aromatic N) is 1. The molecule has 8 N–H and O–H groups in total. The van der Waals surface area contributed by atoms with Crippen LogP contribution in [0.2, 0.25) is 0 Å². The Morgan fingerprint density at radius 1 is 1.47 bits per heavy atom. The maximum absolute atomic E-state index is 11.5. The van der Waals surface area contributed by atoms with Gasteiger partial charge < -0.3 is 16.8 Å². The lowest BCUT2D eigenvalue weighted by Gasteiger charge is -2.12. The lowest BCUT2D eigenvalue weighted by molar-refractivity contribution is -0.171. The van der Waals surface area contributed by atoms with Gasteiger partial charge in [-0.05, 0) is 12.8 Å². The molecule has 0 saturated heterocycles. The molecule has 108 valence electrons. The van der Waals surface area contributed by atoms with Gasteiger partial charge in [0.25, 0.3) is 6.41 Å². The summed E-state index contributed by atoms with van der Waals surface area (Å²) in [6.45, 7) is 0.401. The third kappa shape index (κ3) is 8.51. The molecule has 19 heavy (non-hydrogen) atoms. The third-order valence-corrected chi connectivity index (χ3v) is 2.09. The minimum absolute atomic E-state index is 0.0320. The van der Waals surface area contributed by atoms with Gasteiger partial charge in [0.05, 0.1) is 12.5 Å². The van der Waals surface area contributed by atoms with E-state index in [0.717, 1.165) is 0 Å². The van der Waals surface area contributed by atoms with Crippen LogP contribution in [0.25, 0.3) is 0 Å². The van der Waals surface area contributed by atoms with E-state index in [9.17, 15) is 14.4 Å². The lowest BCUT2D eigenvalue weighted by Crippen LogP contribution is -2.42. The number of hydrogen-bond acceptors (Lipinski definition) is 6. The Kier molecular flexibility index (Phi) is 7.81. The van der Waals surface area contributed by atoms with Gasteiger partial charge in [-0.3, -0.25) is 25.0 Å². The van der Waals surface area contributed by atoms with Crippen molar-refractivity contribution in [2.45, 2.75) is 25.3 Å². The summed E-state index contributed by atoms with van der Waals surface area (Å²) in [6.07, 6.45) is 0.263. The minimum atomic E-state index is -0.836. The van der Waals surface area contributed by atoms with Crippen molar-refractivity contribution in [3.8, 4) is 0 Å². The quantitative estimate of drug-likeness (QED) is 0.0508. The highest BCUT2D eigenvalue weighted by molar-refractivity contribution is 6.00. The molecule has 0 aliphatic heterocycles. The zero-order valence-electron chi connectivity index (χ0n) is 10.3. The van der Waals surface area contributed by atoms with Gasteiger partial charge in [0.1, 0.15) is 0 Å². The summed E-state index contributed by atoms with van der Waals surface area (Å²) in [7, 11) is 0. The molecular weight excluding hydrogens is 256 g/mol. The zero-order valence-corrected chi connectivity index (χ0v) is 10.3. The van der Waals surface area contributed by atoms with Crippen molar-refractivity contribution in [2.24, 2.45) is 11.5 Å². The normalized spacial score (nSPS) is 11.3. The van der Waals surface area contributed by atoms with Gasteiger partial charge in [-0.2, -0.15) is 0 Å². The number of carbonyl (C=O) groups excluding carboxylic acids is 3. The van der Waals surface area contributed by atoms with E-state index in [4.69, 9.17) is 22.1 Å². The van der Waals surface area contributed by atoms with E-state index >= 15 is 0 Å². The number of amides is 2. The summed E-state index contributed by atoms with van der Waals surface area (Å²) < 4.78 is 0. The molecule has 0 bridgehead atoms. The second-order valence-corrected chi connectivity index (χ2v) is 3.72. The van der Waals surface area contributed by atoms with Gasteiger partial charge in [0, 0.05) is 6.54 Å². The Labute approximate surface area is 109 Å². The van der Waals surface area contributed by atoms with E-state index < -0.39 is 24.2 Å². The maximum atomic E-state index is 11.5. The molecule has 0 spiro atoms. The van der Waals surface area contributed by atoms with E-state index in [1.54, 1.807) is 5.43 Å². The standard InChI is InChI=1S/C9H18N6O4/c10-6(2-1-3-13-9(11)12)7(17)4-8(18)14-15(19)5-16/h5-6,19H,1-4,10H2,(H,14,18)(H4,11,12,13)/t6-/m1/s1. The average Bonchev–Trinajstić information content (AvgIpc) is 2.33. The molecule has 1 atom stereocenters. The summed E-state index contributed by atoms with van der Waals surface area (Å²) in [5.74, 6) is -1.52. The van der Waals surface area contributed by atoms with Crippen molar-refractivity contribution in [1.29, 1.82) is 5.41 Å². The minimum Gasteiger partial charge on any atom is -0.370 e. The van der Waals surface area contributed by atoms with Crippen LogP contribution >= 0.6 is 0 Å². The summed E-state index contributed by atoms with van der Waals surface area (Å²) >= 11 is 0. The fourth-order valence-corrected chi connectivity index (χ4v) is 1.19. The second kappa shape index (κ2) is 8.83. The van der Waals surface area contributed by atoms with Crippen molar-refractivity contribution >= 4 is 24.1 Å². The Balaban J connectivity index is 3.89. The van der Waals surface area contributed by atoms with Crippen molar-refractivity contribution in [1.82, 2.24) is 15.9 Å². The largest absolute Gasteiger partial charge is 0.370 e. The van der Waals surface area contributed by atoms with E-state index in [0.29, 0.717) is 19.4 Å². The monoisotopic (exact) mass is 274 g/mol. The Hall–Kier alpha value is -2.20. The molecule has 0 aromatic rings. The smallest absolute Gasteiger partial charge is 0.254 e. The number of rotatable bonds is 9. The fourth-order valence-electron chi connectivity index (χ4n) is 1.19. The number of nitrogens with one attached hydrogen (secondary N) is 3. The lowest BCUT2D eigenvalue weighted by atomic mass is 10.1. The van der Waals surface area contributed by atoms with Gasteiger partial charge in [0.15, 0.2) is 11.7 Å². The predicted molar refractivity (Wildman–Crippen MR) is 64.6 cm³/mol. The fraction of sp³-hybridized carbons (Fsp3) is 0.556. The molecule has 2 amide bonds. The van der Waals surface area contributed by atoms with Crippen LogP contribution in [0.5, 0.6) is 0 Å². The second-order valence-electron chi connectivity index (χ2n) is 3.72. The van der Waals surface area contributed by atoms with E-state index in [2.05, 4.69) is 5.32 Å². The van der Waals surface area contributed by atoms with E-state index in [-0.39, 0.29) is 17.5 Å². The highest BCUT2D eigenvalue weighted by Crippen LogP contribution is 1.98. The average molecular weight is 274 g/mol. The molecule has 0 aromatic heterocycles. The molecule has 10 nitrogen and oxygen atoms in total. The molecule has 0 aromatic carbocycles. The first kappa shape index (κ1) is 16.8. The van der Waals surface area contributed by atoms with Gasteiger partial charge in [-0.15, -0.1) is 5.17 Å². The Morgan fingerprint density at radius 2 is 2.11 bits per heavy atom. The molecular formula is C9H18N6O4. The first-order valence-corrected chi connectivity index (χ1v) is 5.46. The molecule has 0 saturated carbocycles.